The van der Waals surface area contributed by atoms with Crippen LogP contribution < -0.4 is 19.8 Å². The predicted octanol–water partition coefficient (Wildman–Crippen LogP) is 3.42. The number of amides is 1. The summed E-state index contributed by atoms with van der Waals surface area (Å²) in [5, 5.41) is 17.4. The average molecular weight is 553 g/mol. The van der Waals surface area contributed by atoms with E-state index in [4.69, 9.17) is 0 Å². The first kappa shape index (κ1) is 30.1. The Hall–Kier alpha value is -3.40. The molecule has 2 atom stereocenters. The van der Waals surface area contributed by atoms with Crippen LogP contribution in [0.15, 0.2) is 78.9 Å². The number of hydrogen-bond donors (Lipinski definition) is 3. The predicted molar refractivity (Wildman–Crippen MR) is 159 cm³/mol. The highest BCUT2D eigenvalue weighted by molar-refractivity contribution is 7.92. The van der Waals surface area contributed by atoms with Crippen LogP contribution in [0.25, 0.3) is 0 Å². The summed E-state index contributed by atoms with van der Waals surface area (Å²) in [4.78, 5) is 15.3. The molecular weight excluding hydrogens is 512 g/mol. The standard InChI is InChI=1S/C30H40N4O4S/c1-5-17-39(37,38)34(4)27-16-10-14-25(20-27)30(36)32-28(19-23-11-7-6-8-12-23)29(35)22-31-21-24-13-9-15-26(18-24)33(2)3/h6-16,18,20,28-29,31,35H,5,17,19,21-22H2,1-4H3,(H,32,36). The van der Waals surface area contributed by atoms with Gasteiger partial charge in [-0.25, -0.2) is 8.42 Å². The van der Waals surface area contributed by atoms with Crippen molar-refractivity contribution in [1.29, 1.82) is 0 Å². The molecule has 0 radical (unpaired) electrons. The number of carbonyl (C=O) groups excluding carboxylic acids is 1. The van der Waals surface area contributed by atoms with Crippen molar-refractivity contribution in [2.24, 2.45) is 0 Å². The molecule has 0 heterocycles. The van der Waals surface area contributed by atoms with Gasteiger partial charge in [-0.1, -0.05) is 55.5 Å². The molecule has 210 valence electrons. The summed E-state index contributed by atoms with van der Waals surface area (Å²) in [6.07, 6.45) is 0.0822. The van der Waals surface area contributed by atoms with Crippen LogP contribution in [0.4, 0.5) is 11.4 Å². The number of sulfonamides is 1. The number of nitrogens with zero attached hydrogens (tertiary/aromatic N) is 2. The van der Waals surface area contributed by atoms with Crippen LogP contribution in [0.3, 0.4) is 0 Å². The van der Waals surface area contributed by atoms with Gasteiger partial charge in [-0.2, -0.15) is 0 Å². The molecule has 9 heteroatoms. The minimum absolute atomic E-state index is 0.0255. The van der Waals surface area contributed by atoms with Crippen molar-refractivity contribution in [3.8, 4) is 0 Å². The summed E-state index contributed by atoms with van der Waals surface area (Å²) in [6, 6.07) is 23.8. The minimum Gasteiger partial charge on any atom is -0.390 e. The van der Waals surface area contributed by atoms with E-state index < -0.39 is 22.2 Å². The van der Waals surface area contributed by atoms with Crippen LogP contribution in [-0.2, 0) is 23.0 Å². The topological polar surface area (TPSA) is 102 Å². The van der Waals surface area contributed by atoms with Gasteiger partial charge in [-0.05, 0) is 54.3 Å². The first-order chi connectivity index (χ1) is 18.6. The molecule has 0 saturated heterocycles. The van der Waals surface area contributed by atoms with E-state index in [9.17, 15) is 18.3 Å². The van der Waals surface area contributed by atoms with Crippen molar-refractivity contribution in [2.75, 3.05) is 42.6 Å². The van der Waals surface area contributed by atoms with Crippen LogP contribution in [0.2, 0.25) is 0 Å². The van der Waals surface area contributed by atoms with Gasteiger partial charge < -0.3 is 20.6 Å². The van der Waals surface area contributed by atoms with Crippen molar-refractivity contribution in [1.82, 2.24) is 10.6 Å². The molecule has 0 fully saturated rings. The molecule has 3 aromatic carbocycles. The van der Waals surface area contributed by atoms with Crippen LogP contribution in [0.1, 0.15) is 34.8 Å². The smallest absolute Gasteiger partial charge is 0.251 e. The third kappa shape index (κ3) is 8.81. The van der Waals surface area contributed by atoms with Gasteiger partial charge in [-0.3, -0.25) is 9.10 Å². The van der Waals surface area contributed by atoms with E-state index >= 15 is 0 Å². The Bertz CT molecular complexity index is 1320. The van der Waals surface area contributed by atoms with E-state index in [2.05, 4.69) is 16.7 Å². The fourth-order valence-electron chi connectivity index (χ4n) is 4.25. The van der Waals surface area contributed by atoms with Crippen LogP contribution in [-0.4, -0.2) is 65.0 Å². The Morgan fingerprint density at radius 1 is 0.897 bits per heavy atom. The second-order valence-electron chi connectivity index (χ2n) is 9.87. The van der Waals surface area contributed by atoms with Gasteiger partial charge in [0, 0.05) is 45.5 Å². The molecule has 1 amide bonds. The van der Waals surface area contributed by atoms with Gasteiger partial charge in [0.2, 0.25) is 10.0 Å². The number of anilines is 2. The van der Waals surface area contributed by atoms with E-state index in [0.717, 1.165) is 16.8 Å². The number of aliphatic hydroxyl groups excluding tert-OH is 1. The van der Waals surface area contributed by atoms with Crippen LogP contribution in [0, 0.1) is 0 Å². The summed E-state index contributed by atoms with van der Waals surface area (Å²) < 4.78 is 26.2. The Morgan fingerprint density at radius 3 is 2.26 bits per heavy atom. The summed E-state index contributed by atoms with van der Waals surface area (Å²) >= 11 is 0. The maximum atomic E-state index is 13.3. The Morgan fingerprint density at radius 2 is 1.56 bits per heavy atom. The van der Waals surface area contributed by atoms with E-state index in [-0.39, 0.29) is 18.2 Å². The summed E-state index contributed by atoms with van der Waals surface area (Å²) in [7, 11) is 2.00. The lowest BCUT2D eigenvalue weighted by molar-refractivity contribution is 0.0830. The van der Waals surface area contributed by atoms with Crippen LogP contribution in [0.5, 0.6) is 0 Å². The molecule has 0 saturated carbocycles. The molecule has 2 unspecified atom stereocenters. The third-order valence-electron chi connectivity index (χ3n) is 6.54. The van der Waals surface area contributed by atoms with Crippen molar-refractivity contribution in [3.63, 3.8) is 0 Å². The zero-order valence-corrected chi connectivity index (χ0v) is 24.0. The minimum atomic E-state index is -3.47. The summed E-state index contributed by atoms with van der Waals surface area (Å²) in [6.45, 7) is 2.66. The molecule has 39 heavy (non-hydrogen) atoms. The molecule has 3 N–H and O–H groups in total. The molecule has 3 rings (SSSR count). The second-order valence-corrected chi connectivity index (χ2v) is 12.0. The van der Waals surface area contributed by atoms with Crippen molar-refractivity contribution >= 4 is 27.3 Å². The molecule has 0 spiro atoms. The summed E-state index contributed by atoms with van der Waals surface area (Å²) in [5.74, 6) is -0.352. The van der Waals surface area contributed by atoms with Crippen molar-refractivity contribution in [3.05, 3.63) is 95.6 Å². The van der Waals surface area contributed by atoms with Gasteiger partial charge in [0.25, 0.3) is 5.91 Å². The van der Waals surface area contributed by atoms with Gasteiger partial charge in [-0.15, -0.1) is 0 Å². The Balaban J connectivity index is 1.72. The second kappa shape index (κ2) is 14.1. The van der Waals surface area contributed by atoms with E-state index in [1.54, 1.807) is 24.3 Å². The molecule has 0 aliphatic carbocycles. The van der Waals surface area contributed by atoms with Gasteiger partial charge >= 0.3 is 0 Å². The van der Waals surface area contributed by atoms with E-state index in [1.807, 2.05) is 74.4 Å². The van der Waals surface area contributed by atoms with Crippen molar-refractivity contribution < 1.29 is 18.3 Å². The number of nitrogens with one attached hydrogen (secondary N) is 2. The Labute approximate surface area is 232 Å². The van der Waals surface area contributed by atoms with Gasteiger partial charge in [0.1, 0.15) is 0 Å². The average Bonchev–Trinajstić information content (AvgIpc) is 2.93. The fourth-order valence-corrected chi connectivity index (χ4v) is 5.48. The molecule has 3 aromatic rings. The molecule has 0 bridgehead atoms. The summed E-state index contributed by atoms with van der Waals surface area (Å²) in [5.41, 5.74) is 3.91. The molecule has 8 nitrogen and oxygen atoms in total. The normalized spacial score (nSPS) is 12.9. The highest BCUT2D eigenvalue weighted by atomic mass is 32.2. The van der Waals surface area contributed by atoms with Gasteiger partial charge in [0.05, 0.1) is 23.6 Å². The first-order valence-corrected chi connectivity index (χ1v) is 14.8. The highest BCUT2D eigenvalue weighted by Gasteiger charge is 2.24. The largest absolute Gasteiger partial charge is 0.390 e. The number of rotatable bonds is 14. The lowest BCUT2D eigenvalue weighted by Crippen LogP contribution is -2.48. The number of carbonyl (C=O) groups is 1. The molecule has 0 aromatic heterocycles. The van der Waals surface area contributed by atoms with Crippen molar-refractivity contribution in [2.45, 2.75) is 38.5 Å². The van der Waals surface area contributed by atoms with E-state index in [0.29, 0.717) is 30.6 Å². The number of hydrogen-bond acceptors (Lipinski definition) is 6. The quantitative estimate of drug-likeness (QED) is 0.283. The molecule has 0 aliphatic rings. The fraction of sp³-hybridized carbons (Fsp3) is 0.367. The molecule has 0 aliphatic heterocycles. The molecular formula is C30H40N4O4S. The first-order valence-electron chi connectivity index (χ1n) is 13.2. The maximum Gasteiger partial charge on any atom is 0.251 e. The Kier molecular flexibility index (Phi) is 10.9. The SMILES string of the molecule is CCCS(=O)(=O)N(C)c1cccc(C(=O)NC(Cc2ccccc2)C(O)CNCc2cccc(N(C)C)c2)c1. The highest BCUT2D eigenvalue weighted by Crippen LogP contribution is 2.19. The number of benzene rings is 3. The van der Waals surface area contributed by atoms with E-state index in [1.165, 1.54) is 11.4 Å². The lowest BCUT2D eigenvalue weighted by atomic mass is 10.00. The maximum absolute atomic E-state index is 13.3. The zero-order valence-electron chi connectivity index (χ0n) is 23.2. The lowest BCUT2D eigenvalue weighted by Gasteiger charge is -2.25. The third-order valence-corrected chi connectivity index (χ3v) is 8.51. The van der Waals surface area contributed by atoms with Crippen LogP contribution >= 0.6 is 0 Å². The zero-order chi connectivity index (χ0) is 28.4. The number of aliphatic hydroxyl groups is 1. The monoisotopic (exact) mass is 552 g/mol. The van der Waals surface area contributed by atoms with Gasteiger partial charge in [0.15, 0.2) is 0 Å².